The van der Waals surface area contributed by atoms with Gasteiger partial charge in [-0.1, -0.05) is 75.4 Å². The molecule has 0 spiro atoms. The number of aliphatic hydroxyl groups is 2. The monoisotopic (exact) mass is 430 g/mol. The van der Waals surface area contributed by atoms with E-state index in [0.29, 0.717) is 22.3 Å². The van der Waals surface area contributed by atoms with Crippen molar-refractivity contribution >= 4 is 5.97 Å². The zero-order chi connectivity index (χ0) is 22.9. The maximum Gasteiger partial charge on any atom is 0.318 e. The fourth-order valence-electron chi connectivity index (χ4n) is 5.17. The molecule has 0 aliphatic heterocycles. The van der Waals surface area contributed by atoms with Gasteiger partial charge in [-0.3, -0.25) is 4.79 Å². The molecule has 3 atom stereocenters. The van der Waals surface area contributed by atoms with Crippen LogP contribution in [0.4, 0.5) is 0 Å². The number of fused-ring (bicyclic) bond motifs is 1. The standard InChI is InChI=1S/C27H26O5/c1-25(2,3)16-12-13-19-20(14-16)26(30)15-21(24(29)32-23-11-7-6-10-22(23)28)27(19,31)18-9-5-4-8-17(18)26/h4-14,21,28,30-31H,15H2,1-3H3. The number of carbonyl (C=O) groups excluding carboxylic acids is 1. The van der Waals surface area contributed by atoms with Crippen LogP contribution in [0, 0.1) is 5.92 Å². The lowest BCUT2D eigenvalue weighted by Gasteiger charge is -2.54. The van der Waals surface area contributed by atoms with Crippen molar-refractivity contribution in [2.75, 3.05) is 0 Å². The molecule has 3 aromatic rings. The molecule has 0 saturated heterocycles. The summed E-state index contributed by atoms with van der Waals surface area (Å²) in [6.45, 7) is 6.28. The number of aromatic hydroxyl groups is 1. The second-order valence-corrected chi connectivity index (χ2v) is 9.83. The van der Waals surface area contributed by atoms with Crippen LogP contribution in [0.15, 0.2) is 66.7 Å². The summed E-state index contributed by atoms with van der Waals surface area (Å²) in [5, 5.41) is 34.2. The van der Waals surface area contributed by atoms with Crippen LogP contribution in [0.3, 0.4) is 0 Å². The number of rotatable bonds is 2. The lowest BCUT2D eigenvalue weighted by molar-refractivity contribution is -0.157. The molecule has 6 rings (SSSR count). The van der Waals surface area contributed by atoms with Crippen molar-refractivity contribution in [3.05, 3.63) is 94.5 Å². The summed E-state index contributed by atoms with van der Waals surface area (Å²) in [5.74, 6) is -1.89. The van der Waals surface area contributed by atoms with Crippen molar-refractivity contribution in [1.29, 1.82) is 0 Å². The summed E-state index contributed by atoms with van der Waals surface area (Å²) >= 11 is 0. The number of ether oxygens (including phenoxy) is 1. The van der Waals surface area contributed by atoms with Crippen molar-refractivity contribution in [2.45, 2.75) is 43.8 Å². The number of hydrogen-bond acceptors (Lipinski definition) is 5. The summed E-state index contributed by atoms with van der Waals surface area (Å²) in [4.78, 5) is 13.3. The number of phenolic OH excluding ortho intramolecular Hbond substituents is 1. The Kier molecular flexibility index (Phi) is 4.32. The maximum atomic E-state index is 13.3. The van der Waals surface area contributed by atoms with E-state index in [-0.39, 0.29) is 23.3 Å². The van der Waals surface area contributed by atoms with Crippen LogP contribution in [0.2, 0.25) is 0 Å². The molecule has 164 valence electrons. The minimum absolute atomic E-state index is 0.0196. The zero-order valence-electron chi connectivity index (χ0n) is 18.3. The predicted octanol–water partition coefficient (Wildman–Crippen LogP) is 4.10. The normalized spacial score (nSPS) is 25.7. The number of hydrogen-bond donors (Lipinski definition) is 3. The molecule has 5 nitrogen and oxygen atoms in total. The van der Waals surface area contributed by atoms with Crippen LogP contribution in [-0.4, -0.2) is 21.3 Å². The Bertz CT molecular complexity index is 1240. The fourth-order valence-corrected chi connectivity index (χ4v) is 5.17. The van der Waals surface area contributed by atoms with Crippen LogP contribution in [-0.2, 0) is 21.4 Å². The molecule has 0 fully saturated rings. The largest absolute Gasteiger partial charge is 0.504 e. The molecule has 2 bridgehead atoms. The molecule has 0 amide bonds. The highest BCUT2D eigenvalue weighted by Crippen LogP contribution is 2.60. The number of benzene rings is 3. The SMILES string of the molecule is CC(C)(C)c1ccc2c(c1)C1(O)CC(C(=O)Oc3ccccc3O)C2(O)c2ccccc21. The van der Waals surface area contributed by atoms with Crippen LogP contribution in [0.1, 0.15) is 55.0 Å². The Morgan fingerprint density at radius 1 is 0.906 bits per heavy atom. The molecular formula is C27H26O5. The quantitative estimate of drug-likeness (QED) is 0.421. The number of phenols is 1. The summed E-state index contributed by atoms with van der Waals surface area (Å²) in [5.41, 5.74) is 0.0279. The molecule has 0 aromatic heterocycles. The summed E-state index contributed by atoms with van der Waals surface area (Å²) in [7, 11) is 0. The Balaban J connectivity index is 1.68. The first-order chi connectivity index (χ1) is 15.1. The average Bonchev–Trinajstić information content (AvgIpc) is 2.76. The van der Waals surface area contributed by atoms with Crippen LogP contribution >= 0.6 is 0 Å². The van der Waals surface area contributed by atoms with Gasteiger partial charge in [-0.2, -0.15) is 0 Å². The van der Waals surface area contributed by atoms with Gasteiger partial charge in [0.15, 0.2) is 11.5 Å². The summed E-state index contributed by atoms with van der Waals surface area (Å²) in [6, 6.07) is 19.1. The number of esters is 1. The molecule has 3 N–H and O–H groups in total. The fraction of sp³-hybridized carbons (Fsp3) is 0.296. The lowest BCUT2D eigenvalue weighted by Crippen LogP contribution is -2.57. The van der Waals surface area contributed by atoms with E-state index >= 15 is 0 Å². The van der Waals surface area contributed by atoms with E-state index in [0.717, 1.165) is 5.56 Å². The van der Waals surface area contributed by atoms with E-state index in [1.807, 2.05) is 24.3 Å². The minimum atomic E-state index is -1.66. The van der Waals surface area contributed by atoms with Crippen LogP contribution in [0.25, 0.3) is 0 Å². The van der Waals surface area contributed by atoms with E-state index in [1.165, 1.54) is 12.1 Å². The highest BCUT2D eigenvalue weighted by molar-refractivity contribution is 5.81. The van der Waals surface area contributed by atoms with Gasteiger partial charge in [0.1, 0.15) is 11.2 Å². The molecule has 0 radical (unpaired) electrons. The van der Waals surface area contributed by atoms with E-state index in [4.69, 9.17) is 4.74 Å². The molecule has 3 aliphatic carbocycles. The summed E-state index contributed by atoms with van der Waals surface area (Å²) in [6.07, 6.45) is -0.0203. The first-order valence-electron chi connectivity index (χ1n) is 10.8. The summed E-state index contributed by atoms with van der Waals surface area (Å²) < 4.78 is 5.50. The van der Waals surface area contributed by atoms with Gasteiger partial charge in [0.2, 0.25) is 0 Å². The molecule has 3 unspecified atom stereocenters. The highest BCUT2D eigenvalue weighted by Gasteiger charge is 2.62. The van der Waals surface area contributed by atoms with Crippen LogP contribution in [0.5, 0.6) is 11.5 Å². The van der Waals surface area contributed by atoms with Gasteiger partial charge in [0, 0.05) is 6.42 Å². The van der Waals surface area contributed by atoms with Crippen molar-refractivity contribution in [2.24, 2.45) is 5.92 Å². The minimum Gasteiger partial charge on any atom is -0.504 e. The number of para-hydroxylation sites is 2. The molecule has 0 saturated carbocycles. The van der Waals surface area contributed by atoms with E-state index in [9.17, 15) is 20.1 Å². The maximum absolute atomic E-state index is 13.3. The van der Waals surface area contributed by atoms with E-state index in [1.54, 1.807) is 30.3 Å². The van der Waals surface area contributed by atoms with Gasteiger partial charge >= 0.3 is 5.97 Å². The van der Waals surface area contributed by atoms with Gasteiger partial charge < -0.3 is 20.1 Å². The predicted molar refractivity (Wildman–Crippen MR) is 119 cm³/mol. The lowest BCUT2D eigenvalue weighted by atomic mass is 9.54. The topological polar surface area (TPSA) is 87.0 Å². The first-order valence-corrected chi connectivity index (χ1v) is 10.8. The van der Waals surface area contributed by atoms with E-state index < -0.39 is 23.1 Å². The average molecular weight is 431 g/mol. The molecule has 3 aliphatic rings. The Morgan fingerprint density at radius 3 is 2.22 bits per heavy atom. The van der Waals surface area contributed by atoms with Gasteiger partial charge in [-0.15, -0.1) is 0 Å². The molecule has 0 heterocycles. The third-order valence-corrected chi connectivity index (χ3v) is 6.89. The van der Waals surface area contributed by atoms with Crippen LogP contribution < -0.4 is 4.74 Å². The van der Waals surface area contributed by atoms with Crippen molar-refractivity contribution in [3.8, 4) is 11.5 Å². The first kappa shape index (κ1) is 20.7. The Labute approximate surface area is 186 Å². The molecule has 32 heavy (non-hydrogen) atoms. The van der Waals surface area contributed by atoms with Crippen molar-refractivity contribution in [1.82, 2.24) is 0 Å². The Morgan fingerprint density at radius 2 is 1.53 bits per heavy atom. The smallest absolute Gasteiger partial charge is 0.318 e. The second-order valence-electron chi connectivity index (χ2n) is 9.83. The molecule has 5 heteroatoms. The second kappa shape index (κ2) is 6.67. The third-order valence-electron chi connectivity index (χ3n) is 6.89. The van der Waals surface area contributed by atoms with Crippen molar-refractivity contribution in [3.63, 3.8) is 0 Å². The Hall–Kier alpha value is -3.15. The number of carbonyl (C=O) groups is 1. The van der Waals surface area contributed by atoms with Gasteiger partial charge in [0.25, 0.3) is 0 Å². The zero-order valence-corrected chi connectivity index (χ0v) is 18.3. The molecular weight excluding hydrogens is 404 g/mol. The molecule has 3 aromatic carbocycles. The van der Waals surface area contributed by atoms with Gasteiger partial charge in [-0.05, 0) is 45.4 Å². The highest BCUT2D eigenvalue weighted by atomic mass is 16.5. The van der Waals surface area contributed by atoms with Crippen molar-refractivity contribution < 1.29 is 24.9 Å². The van der Waals surface area contributed by atoms with E-state index in [2.05, 4.69) is 20.8 Å². The third kappa shape index (κ3) is 2.74. The van der Waals surface area contributed by atoms with Gasteiger partial charge in [0.05, 0.1) is 5.92 Å². The van der Waals surface area contributed by atoms with Gasteiger partial charge in [-0.25, -0.2) is 0 Å².